The summed E-state index contributed by atoms with van der Waals surface area (Å²) >= 11 is 0. The number of hydrogen-bond donors (Lipinski definition) is 1. The van der Waals surface area contributed by atoms with Gasteiger partial charge < -0.3 is 24.8 Å². The van der Waals surface area contributed by atoms with Crippen LogP contribution >= 0.6 is 0 Å². The lowest BCUT2D eigenvalue weighted by Gasteiger charge is -2.33. The van der Waals surface area contributed by atoms with Crippen molar-refractivity contribution in [1.29, 1.82) is 0 Å². The molecule has 4 aliphatic rings. The molecule has 0 amide bonds. The predicted octanol–water partition coefficient (Wildman–Crippen LogP) is 5.55. The molecule has 46 heavy (non-hydrogen) atoms. The highest BCUT2D eigenvalue weighted by Gasteiger charge is 2.45. The van der Waals surface area contributed by atoms with Crippen LogP contribution in [-0.2, 0) is 9.47 Å². The number of rotatable bonds is 6. The fourth-order valence-electron chi connectivity index (χ4n) is 7.09. The number of fused-ring (bicyclic) bond motifs is 3. The maximum Gasteiger partial charge on any atom is 0.319 e. The van der Waals surface area contributed by atoms with Crippen LogP contribution in [0.25, 0.3) is 27.7 Å². The van der Waals surface area contributed by atoms with Gasteiger partial charge in [0.05, 0.1) is 37.4 Å². The Morgan fingerprint density at radius 2 is 1.93 bits per heavy atom. The van der Waals surface area contributed by atoms with Gasteiger partial charge in [-0.15, -0.1) is 6.42 Å². The first kappa shape index (κ1) is 32.1. The topological polar surface area (TPSA) is 98.9 Å². The van der Waals surface area contributed by atoms with E-state index in [1.54, 1.807) is 25.3 Å². The van der Waals surface area contributed by atoms with Gasteiger partial charge in [-0.1, -0.05) is 19.8 Å². The minimum Gasteiger partial charge on any atom is -0.462 e. The third-order valence-electron chi connectivity index (χ3n) is 9.34. The summed E-state index contributed by atoms with van der Waals surface area (Å²) in [6.45, 7) is 11.6. The molecule has 11 heteroatoms. The molecule has 3 aliphatic heterocycles. The smallest absolute Gasteiger partial charge is 0.319 e. The zero-order valence-corrected chi connectivity index (χ0v) is 27.0. The Labute approximate surface area is 269 Å². The summed E-state index contributed by atoms with van der Waals surface area (Å²) in [6, 6.07) is 4.20. The van der Waals surface area contributed by atoms with Crippen LogP contribution in [0.4, 0.5) is 20.3 Å². The first-order chi connectivity index (χ1) is 22.3. The van der Waals surface area contributed by atoms with E-state index in [1.165, 1.54) is 6.92 Å². The summed E-state index contributed by atoms with van der Waals surface area (Å²) in [7, 11) is 0. The molecular formula is C35H42F2N6O3. The van der Waals surface area contributed by atoms with Crippen LogP contribution in [0.2, 0.25) is 0 Å². The van der Waals surface area contributed by atoms with Crippen LogP contribution in [0.5, 0.6) is 6.01 Å². The number of hydrogen-bond acceptors (Lipinski definition) is 9. The van der Waals surface area contributed by atoms with E-state index in [-0.39, 0.29) is 34.9 Å². The fourth-order valence-corrected chi connectivity index (χ4v) is 7.09. The minimum atomic E-state index is -0.678. The van der Waals surface area contributed by atoms with Crippen LogP contribution in [-0.4, -0.2) is 84.1 Å². The third kappa shape index (κ3) is 6.01. The average Bonchev–Trinajstić information content (AvgIpc) is 3.74. The molecule has 9 nitrogen and oxygen atoms in total. The van der Waals surface area contributed by atoms with E-state index in [1.807, 2.05) is 13.8 Å². The second-order valence-corrected chi connectivity index (χ2v) is 12.2. The molecule has 2 aromatic heterocycles. The summed E-state index contributed by atoms with van der Waals surface area (Å²) in [6.07, 6.45) is 10.3. The van der Waals surface area contributed by atoms with Crippen molar-refractivity contribution < 1.29 is 23.0 Å². The van der Waals surface area contributed by atoms with Crippen LogP contribution in [0, 0.1) is 31.0 Å². The fraction of sp³-hybridized carbons (Fsp3) is 0.514. The monoisotopic (exact) mass is 632 g/mol. The lowest BCUT2D eigenvalue weighted by atomic mass is 9.91. The van der Waals surface area contributed by atoms with Gasteiger partial charge in [0.25, 0.3) is 0 Å². The van der Waals surface area contributed by atoms with Gasteiger partial charge in [-0.2, -0.15) is 9.97 Å². The van der Waals surface area contributed by atoms with E-state index in [0.29, 0.717) is 78.5 Å². The first-order valence-corrected chi connectivity index (χ1v) is 16.2. The van der Waals surface area contributed by atoms with Crippen LogP contribution in [0.1, 0.15) is 51.2 Å². The Bertz CT molecular complexity index is 1690. The van der Waals surface area contributed by atoms with Crippen molar-refractivity contribution in [1.82, 2.24) is 19.9 Å². The molecule has 4 unspecified atom stereocenters. The Balaban J connectivity index is 0.00000182. The summed E-state index contributed by atoms with van der Waals surface area (Å²) < 4.78 is 49.1. The van der Waals surface area contributed by atoms with Gasteiger partial charge >= 0.3 is 6.01 Å². The van der Waals surface area contributed by atoms with Gasteiger partial charge in [0.15, 0.2) is 5.82 Å². The van der Waals surface area contributed by atoms with Crippen molar-refractivity contribution in [2.75, 3.05) is 56.8 Å². The Kier molecular flexibility index (Phi) is 9.41. The summed E-state index contributed by atoms with van der Waals surface area (Å²) in [5.74, 6) is 2.16. The molecule has 0 spiro atoms. The molecule has 244 valence electrons. The van der Waals surface area contributed by atoms with E-state index >= 15 is 4.39 Å². The molecule has 3 saturated heterocycles. The van der Waals surface area contributed by atoms with E-state index < -0.39 is 11.6 Å². The number of nitrogens with zero attached hydrogens (tertiary/aromatic N) is 5. The maximum absolute atomic E-state index is 16.8. The number of morpholine rings is 1. The molecular weight excluding hydrogens is 590 g/mol. The number of aryl methyl sites for hydroxylation is 1. The molecule has 1 saturated carbocycles. The summed E-state index contributed by atoms with van der Waals surface area (Å²) in [4.78, 5) is 18.6. The molecule has 3 aromatic rings. The molecule has 0 radical (unpaired) electrons. The van der Waals surface area contributed by atoms with Crippen molar-refractivity contribution in [3.05, 3.63) is 41.1 Å². The van der Waals surface area contributed by atoms with Crippen molar-refractivity contribution >= 4 is 28.0 Å². The lowest BCUT2D eigenvalue weighted by molar-refractivity contribution is -0.0101. The second kappa shape index (κ2) is 13.5. The Morgan fingerprint density at radius 3 is 2.72 bits per heavy atom. The Morgan fingerprint density at radius 1 is 1.15 bits per heavy atom. The van der Waals surface area contributed by atoms with Crippen molar-refractivity contribution in [3.63, 3.8) is 0 Å². The number of allylic oxidation sites excluding steroid dienone is 2. The van der Waals surface area contributed by atoms with Crippen LogP contribution in [0.3, 0.4) is 0 Å². The third-order valence-corrected chi connectivity index (χ3v) is 9.34. The van der Waals surface area contributed by atoms with E-state index in [4.69, 9.17) is 31.4 Å². The van der Waals surface area contributed by atoms with Gasteiger partial charge in [-0.3, -0.25) is 9.88 Å². The van der Waals surface area contributed by atoms with Gasteiger partial charge in [0.2, 0.25) is 0 Å². The molecule has 1 aromatic carbocycles. The summed E-state index contributed by atoms with van der Waals surface area (Å²) in [5.41, 5.74) is 7.91. The van der Waals surface area contributed by atoms with Crippen molar-refractivity contribution in [3.8, 4) is 29.6 Å². The SMILES string of the molecule is C#C/C(=C(/C)F)c1c(C)cc(N)cc1-c1ncc2c(N3CCOCC4CC43)nc(OCC3CCC4COCCN43)nc2c1F.CC. The number of halogens is 2. The van der Waals surface area contributed by atoms with Crippen molar-refractivity contribution in [2.45, 2.75) is 65.1 Å². The quantitative estimate of drug-likeness (QED) is 0.277. The molecule has 1 aliphatic carbocycles. The molecule has 4 fully saturated rings. The summed E-state index contributed by atoms with van der Waals surface area (Å²) in [5, 5.41) is 0.469. The van der Waals surface area contributed by atoms with Crippen LogP contribution < -0.4 is 15.4 Å². The van der Waals surface area contributed by atoms with E-state index in [2.05, 4.69) is 25.7 Å². The van der Waals surface area contributed by atoms with Gasteiger partial charge in [-0.05, 0) is 50.8 Å². The number of pyridine rings is 1. The van der Waals surface area contributed by atoms with Crippen LogP contribution in [0.15, 0.2) is 24.2 Å². The molecule has 7 rings (SSSR count). The number of terminal acetylenes is 1. The maximum atomic E-state index is 16.8. The average molecular weight is 633 g/mol. The zero-order chi connectivity index (χ0) is 32.5. The second-order valence-electron chi connectivity index (χ2n) is 12.2. The normalized spacial score (nSPS) is 24.6. The number of aromatic nitrogens is 3. The van der Waals surface area contributed by atoms with E-state index in [0.717, 1.165) is 32.4 Å². The predicted molar refractivity (Wildman–Crippen MR) is 176 cm³/mol. The minimum absolute atomic E-state index is 0.0218. The highest BCUT2D eigenvalue weighted by atomic mass is 19.1. The van der Waals surface area contributed by atoms with Gasteiger partial charge in [0.1, 0.15) is 29.5 Å². The number of anilines is 2. The number of benzene rings is 1. The Hall–Kier alpha value is -3.85. The zero-order valence-electron chi connectivity index (χ0n) is 27.0. The lowest BCUT2D eigenvalue weighted by Crippen LogP contribution is -2.46. The van der Waals surface area contributed by atoms with Crippen molar-refractivity contribution in [2.24, 2.45) is 5.92 Å². The van der Waals surface area contributed by atoms with E-state index in [9.17, 15) is 4.39 Å². The molecule has 4 atom stereocenters. The molecule has 2 N–H and O–H groups in total. The molecule has 5 heterocycles. The number of nitrogen functional groups attached to an aromatic ring is 1. The number of nitrogens with two attached hydrogens (primary N) is 1. The van der Waals surface area contributed by atoms with Gasteiger partial charge in [0, 0.05) is 60.1 Å². The largest absolute Gasteiger partial charge is 0.462 e. The first-order valence-electron chi connectivity index (χ1n) is 16.2. The number of ether oxygens (including phenoxy) is 3. The standard InChI is InChI=1S/C33H36F2N6O3.C2H6/c1-4-24(19(3)34)28-18(2)11-21(36)13-25(28)30-29(35)31-26(14-37-30)32(41-8-10-42-15-20-12-27(20)41)39-33(38-31)44-17-23-6-5-22-16-43-9-7-40(22)23;1-2/h1,11,13-14,20,22-23,27H,5-10,12,15-17,36H2,2-3H3;1-2H3/b24-19+;. The van der Waals surface area contributed by atoms with Gasteiger partial charge in [-0.25, -0.2) is 8.78 Å². The highest BCUT2D eigenvalue weighted by Crippen LogP contribution is 2.43. The molecule has 0 bridgehead atoms. The highest BCUT2D eigenvalue weighted by molar-refractivity contribution is 5.96.